The van der Waals surface area contributed by atoms with Gasteiger partial charge >= 0.3 is 0 Å². The highest BCUT2D eigenvalue weighted by Gasteiger charge is 2.10. The Labute approximate surface area is 152 Å². The molecule has 0 aliphatic heterocycles. The van der Waals surface area contributed by atoms with Crippen molar-refractivity contribution in [2.24, 2.45) is 0 Å². The Morgan fingerprint density at radius 2 is 1.96 bits per heavy atom. The number of thiocarbonyl (C=S) groups is 1. The number of rotatable bonds is 7. The van der Waals surface area contributed by atoms with Crippen molar-refractivity contribution in [1.82, 2.24) is 5.32 Å². The molecule has 25 heavy (non-hydrogen) atoms. The minimum atomic E-state index is -0.500. The number of benzene rings is 2. The molecule has 7 heteroatoms. The lowest BCUT2D eigenvalue weighted by molar-refractivity contribution is -0.384. The van der Waals surface area contributed by atoms with Crippen LogP contribution in [-0.2, 0) is 13.0 Å². The van der Waals surface area contributed by atoms with Crippen LogP contribution in [0, 0.1) is 10.1 Å². The highest BCUT2D eigenvalue weighted by atomic mass is 32.1. The molecule has 0 spiro atoms. The number of hydrogen-bond donors (Lipinski definition) is 3. The van der Waals surface area contributed by atoms with Crippen LogP contribution in [0.15, 0.2) is 42.5 Å². The molecule has 0 bridgehead atoms. The van der Waals surface area contributed by atoms with E-state index in [2.05, 4.69) is 29.7 Å². The van der Waals surface area contributed by atoms with E-state index in [1.807, 2.05) is 12.1 Å². The van der Waals surface area contributed by atoms with Crippen molar-refractivity contribution in [3.05, 3.63) is 63.7 Å². The van der Waals surface area contributed by atoms with Gasteiger partial charge in [-0.25, -0.2) is 0 Å². The maximum Gasteiger partial charge on any atom is 0.270 e. The molecule has 0 aromatic heterocycles. The molecule has 0 fully saturated rings. The van der Waals surface area contributed by atoms with Gasteiger partial charge in [0.15, 0.2) is 5.11 Å². The lowest BCUT2D eigenvalue weighted by Crippen LogP contribution is -2.27. The molecular formula is C18H21N3O3S. The van der Waals surface area contributed by atoms with Crippen LogP contribution in [0.3, 0.4) is 0 Å². The van der Waals surface area contributed by atoms with E-state index in [0.29, 0.717) is 10.7 Å². The number of phenolic OH excluding ortho intramolecular Hbond substituents is 1. The monoisotopic (exact) mass is 359 g/mol. The van der Waals surface area contributed by atoms with E-state index < -0.39 is 4.92 Å². The number of phenols is 1. The fourth-order valence-electron chi connectivity index (χ4n) is 2.31. The minimum Gasteiger partial charge on any atom is -0.508 e. The lowest BCUT2D eigenvalue weighted by Gasteiger charge is -2.12. The van der Waals surface area contributed by atoms with Crippen molar-refractivity contribution in [1.29, 1.82) is 0 Å². The second-order valence-corrected chi connectivity index (χ2v) is 6.09. The number of unbranched alkanes of at least 4 members (excludes halogenated alkanes) is 1. The third kappa shape index (κ3) is 5.72. The Kier molecular flexibility index (Phi) is 6.71. The van der Waals surface area contributed by atoms with Crippen molar-refractivity contribution in [2.45, 2.75) is 32.7 Å². The Bertz CT molecular complexity index is 748. The predicted octanol–water partition coefficient (Wildman–Crippen LogP) is 4.13. The lowest BCUT2D eigenvalue weighted by atomic mass is 10.1. The second-order valence-electron chi connectivity index (χ2n) is 5.68. The number of aromatic hydroxyl groups is 1. The molecule has 0 radical (unpaired) electrons. The number of non-ortho nitro benzene ring substituents is 1. The van der Waals surface area contributed by atoms with Gasteiger partial charge in [0.1, 0.15) is 5.75 Å². The molecule has 0 aliphatic rings. The number of nitro groups is 1. The van der Waals surface area contributed by atoms with Gasteiger partial charge in [-0.15, -0.1) is 0 Å². The zero-order chi connectivity index (χ0) is 18.2. The van der Waals surface area contributed by atoms with E-state index in [4.69, 9.17) is 12.2 Å². The van der Waals surface area contributed by atoms with E-state index in [1.54, 1.807) is 0 Å². The number of aryl methyl sites for hydroxylation is 1. The summed E-state index contributed by atoms with van der Waals surface area (Å²) in [5, 5.41) is 27.0. The summed E-state index contributed by atoms with van der Waals surface area (Å²) >= 11 is 5.23. The largest absolute Gasteiger partial charge is 0.508 e. The average molecular weight is 359 g/mol. The highest BCUT2D eigenvalue weighted by Crippen LogP contribution is 2.22. The maximum atomic E-state index is 10.8. The van der Waals surface area contributed by atoms with Crippen LogP contribution < -0.4 is 10.6 Å². The molecule has 2 rings (SSSR count). The highest BCUT2D eigenvalue weighted by molar-refractivity contribution is 7.80. The first-order chi connectivity index (χ1) is 12.0. The van der Waals surface area contributed by atoms with Gasteiger partial charge in [-0.05, 0) is 48.8 Å². The summed E-state index contributed by atoms with van der Waals surface area (Å²) in [7, 11) is 0. The zero-order valence-corrected chi connectivity index (χ0v) is 14.8. The first-order valence-corrected chi connectivity index (χ1v) is 8.50. The Morgan fingerprint density at radius 3 is 2.60 bits per heavy atom. The number of hydrogen-bond acceptors (Lipinski definition) is 4. The molecule has 0 unspecified atom stereocenters. The maximum absolute atomic E-state index is 10.8. The number of nitrogens with zero attached hydrogens (tertiary/aromatic N) is 1. The molecule has 6 nitrogen and oxygen atoms in total. The van der Waals surface area contributed by atoms with Crippen LogP contribution in [0.2, 0.25) is 0 Å². The summed E-state index contributed by atoms with van der Waals surface area (Å²) in [6.07, 6.45) is 3.39. The molecule has 0 atom stereocenters. The summed E-state index contributed by atoms with van der Waals surface area (Å²) in [6.45, 7) is 2.35. The Hall–Kier alpha value is -2.67. The molecule has 3 N–H and O–H groups in total. The van der Waals surface area contributed by atoms with Gasteiger partial charge in [-0.3, -0.25) is 10.1 Å². The Balaban J connectivity index is 1.90. The third-order valence-corrected chi connectivity index (χ3v) is 3.99. The fraction of sp³-hybridized carbons (Fsp3) is 0.278. The van der Waals surface area contributed by atoms with Gasteiger partial charge in [0, 0.05) is 29.9 Å². The van der Waals surface area contributed by atoms with E-state index in [1.165, 1.54) is 36.6 Å². The quantitative estimate of drug-likeness (QED) is 0.391. The van der Waals surface area contributed by atoms with Crippen LogP contribution in [0.1, 0.15) is 30.9 Å². The van der Waals surface area contributed by atoms with Crippen molar-refractivity contribution in [3.8, 4) is 5.75 Å². The summed E-state index contributed by atoms with van der Waals surface area (Å²) in [5.74, 6) is -0.0128. The van der Waals surface area contributed by atoms with E-state index >= 15 is 0 Å². The van der Waals surface area contributed by atoms with Crippen LogP contribution in [0.25, 0.3) is 0 Å². The SMILES string of the molecule is CCCCc1ccc(NC(=S)NCc2cc([N+](=O)[O-])ccc2O)cc1. The van der Waals surface area contributed by atoms with Crippen molar-refractivity contribution >= 4 is 28.7 Å². The van der Waals surface area contributed by atoms with Gasteiger partial charge < -0.3 is 15.7 Å². The Morgan fingerprint density at radius 1 is 1.24 bits per heavy atom. The molecule has 0 aliphatic carbocycles. The fourth-order valence-corrected chi connectivity index (χ4v) is 2.50. The van der Waals surface area contributed by atoms with Gasteiger partial charge in [-0.1, -0.05) is 25.5 Å². The van der Waals surface area contributed by atoms with Gasteiger partial charge in [-0.2, -0.15) is 0 Å². The molecular weight excluding hydrogens is 338 g/mol. The molecule has 0 heterocycles. The normalized spacial score (nSPS) is 10.3. The van der Waals surface area contributed by atoms with Crippen molar-refractivity contribution in [3.63, 3.8) is 0 Å². The van der Waals surface area contributed by atoms with Gasteiger partial charge in [0.05, 0.1) is 4.92 Å². The summed E-state index contributed by atoms with van der Waals surface area (Å²) in [4.78, 5) is 10.3. The standard InChI is InChI=1S/C18H21N3O3S/c1-2-3-4-13-5-7-15(8-6-13)20-18(25)19-12-14-11-16(21(23)24)9-10-17(14)22/h5-11,22H,2-4,12H2,1H3,(H2,19,20,25). The summed E-state index contributed by atoms with van der Waals surface area (Å²) in [5.41, 5.74) is 2.48. The van der Waals surface area contributed by atoms with Crippen molar-refractivity contribution < 1.29 is 10.0 Å². The van der Waals surface area contributed by atoms with Crippen LogP contribution >= 0.6 is 12.2 Å². The number of anilines is 1. The first-order valence-electron chi connectivity index (χ1n) is 8.09. The van der Waals surface area contributed by atoms with Crippen molar-refractivity contribution in [2.75, 3.05) is 5.32 Å². The molecule has 132 valence electrons. The minimum absolute atomic E-state index is 0.0128. The predicted molar refractivity (Wildman–Crippen MR) is 103 cm³/mol. The van der Waals surface area contributed by atoms with Crippen LogP contribution in [-0.4, -0.2) is 15.1 Å². The average Bonchev–Trinajstić information content (AvgIpc) is 2.60. The third-order valence-electron chi connectivity index (χ3n) is 3.74. The smallest absolute Gasteiger partial charge is 0.270 e. The van der Waals surface area contributed by atoms with Gasteiger partial charge in [0.2, 0.25) is 0 Å². The molecule has 0 saturated heterocycles. The number of nitro benzene ring substituents is 1. The molecule has 2 aromatic carbocycles. The second kappa shape index (κ2) is 8.98. The zero-order valence-electron chi connectivity index (χ0n) is 14.0. The molecule has 0 amide bonds. The van der Waals surface area contributed by atoms with E-state index in [-0.39, 0.29) is 18.0 Å². The topological polar surface area (TPSA) is 87.4 Å². The first kappa shape index (κ1) is 18.7. The van der Waals surface area contributed by atoms with E-state index in [9.17, 15) is 15.2 Å². The van der Waals surface area contributed by atoms with Gasteiger partial charge in [0.25, 0.3) is 5.69 Å². The summed E-state index contributed by atoms with van der Waals surface area (Å²) < 4.78 is 0. The van der Waals surface area contributed by atoms with E-state index in [0.717, 1.165) is 12.1 Å². The number of nitrogens with one attached hydrogen (secondary N) is 2. The van der Waals surface area contributed by atoms with Crippen LogP contribution in [0.4, 0.5) is 11.4 Å². The molecule has 2 aromatic rings. The molecule has 0 saturated carbocycles. The van der Waals surface area contributed by atoms with Crippen LogP contribution in [0.5, 0.6) is 5.75 Å². The summed E-state index contributed by atoms with van der Waals surface area (Å²) in [6, 6.07) is 11.9.